The van der Waals surface area contributed by atoms with Crippen LogP contribution in [0.1, 0.15) is 255 Å². The molecule has 0 fully saturated rings. The van der Waals surface area contributed by atoms with Gasteiger partial charge in [0.15, 0.2) is 0 Å². The molecule has 10 heterocycles. The number of hydrogen-bond donors (Lipinski definition) is 0. The van der Waals surface area contributed by atoms with E-state index in [1.807, 2.05) is 22.7 Å². The molecule has 7 aromatic carbocycles. The average molecular weight is 1660 g/mol. The molecule has 1 aliphatic carbocycles. The first-order valence-electron chi connectivity index (χ1n) is 48.0. The summed E-state index contributed by atoms with van der Waals surface area (Å²) in [7, 11) is 0. The van der Waals surface area contributed by atoms with Gasteiger partial charge in [0.1, 0.15) is 16.7 Å². The van der Waals surface area contributed by atoms with Crippen LogP contribution in [0.4, 0.5) is 0 Å². The third kappa shape index (κ3) is 14.9. The molecular formula is C109H131N9S3. The molecule has 10 aromatic heterocycles. The van der Waals surface area contributed by atoms with Gasteiger partial charge in [-0.25, -0.2) is 0 Å². The molecule has 0 aliphatic heterocycles. The first-order chi connectivity index (χ1) is 59.5. The molecule has 1 aliphatic rings. The summed E-state index contributed by atoms with van der Waals surface area (Å²) in [5, 5.41) is 15.6. The second-order valence-electron chi connectivity index (χ2n) is 36.6. The van der Waals surface area contributed by atoms with E-state index in [-0.39, 0.29) is 0 Å². The van der Waals surface area contributed by atoms with Crippen LogP contribution in [0, 0.1) is 35.5 Å². The molecule has 121 heavy (non-hydrogen) atoms. The molecule has 0 bridgehead atoms. The Morgan fingerprint density at radius 2 is 0.661 bits per heavy atom. The monoisotopic (exact) mass is 1660 g/mol. The molecular weight excluding hydrogens is 1530 g/mol. The molecule has 9 nitrogen and oxygen atoms in total. The molecule has 0 saturated carbocycles. The quantitative estimate of drug-likeness (QED) is 0.0384. The van der Waals surface area contributed by atoms with E-state index < -0.39 is 0 Å². The Balaban J connectivity index is 0.783. The van der Waals surface area contributed by atoms with Crippen LogP contribution in [0.5, 0.6) is 0 Å². The van der Waals surface area contributed by atoms with E-state index in [9.17, 15) is 0 Å². The van der Waals surface area contributed by atoms with Crippen molar-refractivity contribution in [2.45, 2.75) is 289 Å². The maximum Gasteiger partial charge on any atom is 0.132 e. The molecule has 0 radical (unpaired) electrons. The lowest BCUT2D eigenvalue weighted by Crippen LogP contribution is -2.14. The number of para-hydroxylation sites is 3. The zero-order valence-corrected chi connectivity index (χ0v) is 77.2. The highest BCUT2D eigenvalue weighted by Gasteiger charge is 2.35. The summed E-state index contributed by atoms with van der Waals surface area (Å²) in [4.78, 5) is 10.3. The normalized spacial score (nSPS) is 14.5. The van der Waals surface area contributed by atoms with Crippen molar-refractivity contribution in [3.63, 3.8) is 0 Å². The van der Waals surface area contributed by atoms with Gasteiger partial charge in [0, 0.05) is 164 Å². The van der Waals surface area contributed by atoms with Crippen molar-refractivity contribution < 1.29 is 0 Å². The van der Waals surface area contributed by atoms with Gasteiger partial charge < -0.3 is 27.4 Å². The summed E-state index contributed by atoms with van der Waals surface area (Å²) in [6.07, 6.45) is 38.6. The molecule has 6 atom stereocenters. The number of rotatable bonds is 40. The third-order valence-electron chi connectivity index (χ3n) is 29.2. The van der Waals surface area contributed by atoms with Crippen LogP contribution in [0.2, 0.25) is 0 Å². The predicted octanol–water partition coefficient (Wildman–Crippen LogP) is 33.6. The van der Waals surface area contributed by atoms with Gasteiger partial charge in [-0.2, -0.15) is 8.75 Å². The minimum Gasteiger partial charge on any atom is -0.343 e. The van der Waals surface area contributed by atoms with Gasteiger partial charge in [-0.1, -0.05) is 278 Å². The number of fused-ring (bicyclic) bond motifs is 25. The van der Waals surface area contributed by atoms with Crippen LogP contribution in [0.15, 0.2) is 146 Å². The Morgan fingerprint density at radius 3 is 1.06 bits per heavy atom. The van der Waals surface area contributed by atoms with Crippen molar-refractivity contribution >= 4 is 171 Å². The second kappa shape index (κ2) is 36.6. The Kier molecular flexibility index (Phi) is 25.1. The smallest absolute Gasteiger partial charge is 0.132 e. The Labute approximate surface area is 730 Å². The number of pyridine rings is 1. The lowest BCUT2D eigenvalue weighted by molar-refractivity contribution is 0.391. The number of unbranched alkanes of at least 4 members (excludes halogenated alkanes) is 6. The summed E-state index contributed by atoms with van der Waals surface area (Å²) < 4.78 is 27.5. The van der Waals surface area contributed by atoms with E-state index in [2.05, 4.69) is 262 Å². The SMILES string of the molecule is CCCCC(CC)Cn1c2c(c3c1c1c4cc(-c5ccc(-c6cnc(-c7ccc(-c8ccc9c(c8)c8c%10c(c%11ccccc%11n%10CC(CC)CCCC)c%10c(c%11ccccc%11n%10CC(CC)CCCC)c8n9CC(CC)CCCC)s7)c7nsnc67)s5)ccc4n(CC(CC)CCCC)c1c1c4ccccc4n(CC(CC)CCCC)c31)C=CCC2. The first kappa shape index (κ1) is 83.1. The second-order valence-corrected chi connectivity index (χ2v) is 39.3. The topological polar surface area (TPSA) is 68.2 Å². The van der Waals surface area contributed by atoms with Gasteiger partial charge >= 0.3 is 0 Å². The van der Waals surface area contributed by atoms with Crippen LogP contribution in [-0.2, 0) is 45.7 Å². The van der Waals surface area contributed by atoms with Crippen molar-refractivity contribution in [2.75, 3.05) is 0 Å². The fourth-order valence-electron chi connectivity index (χ4n) is 22.1. The summed E-state index contributed by atoms with van der Waals surface area (Å²) >= 11 is 5.02. The number of allylic oxidation sites excluding steroid dienone is 1. The maximum absolute atomic E-state index is 5.49. The minimum atomic E-state index is 0.548. The lowest BCUT2D eigenvalue weighted by Gasteiger charge is -2.21. The van der Waals surface area contributed by atoms with Crippen molar-refractivity contribution in [1.82, 2.24) is 41.1 Å². The highest BCUT2D eigenvalue weighted by molar-refractivity contribution is 7.19. The van der Waals surface area contributed by atoms with Gasteiger partial charge in [0.05, 0.1) is 49.7 Å². The number of thiophene rings is 2. The molecule has 0 spiro atoms. The zero-order valence-electron chi connectivity index (χ0n) is 74.8. The fourth-order valence-corrected chi connectivity index (χ4v) is 24.7. The molecule has 6 unspecified atom stereocenters. The molecule has 18 rings (SSSR count). The Bertz CT molecular complexity index is 6580. The highest BCUT2D eigenvalue weighted by atomic mass is 32.1. The van der Waals surface area contributed by atoms with Gasteiger partial charge in [-0.05, 0) is 165 Å². The first-order valence-corrected chi connectivity index (χ1v) is 50.3. The number of aromatic nitrogens is 9. The van der Waals surface area contributed by atoms with E-state index in [1.54, 1.807) is 5.69 Å². The largest absolute Gasteiger partial charge is 0.343 e. The third-order valence-corrected chi connectivity index (χ3v) is 32.0. The number of nitrogens with zero attached hydrogens (tertiary/aromatic N) is 9. The minimum absolute atomic E-state index is 0.548. The van der Waals surface area contributed by atoms with Crippen LogP contribution >= 0.6 is 34.4 Å². The standard InChI is InChI=1S/C109H131N9S3/c1-13-25-39-70(19-7)64-113-85-49-35-31-45-78(85)97-104(113)95-80-47-33-37-51-87(80)115(66-72(21-9)41-27-15-3)106(95)99-82-61-76(53-55-89(82)117(108(97)99)68-74(23-11)43-29-17-5)91-57-59-93(119-91)84-63-110-102(103-101(84)111-121-112-103)94-60-58-92(120-94)77-54-56-90-83(62-77)100-107-96(81-48-34-38-52-88(81)116(107)67-73(22-10)42-28-16-4)105-98(109(100)118(90)69-75(24-12)44-30-18-6)79-46-32-36-50-86(79)114(105)65-71(20-8)40-26-14-2/h31-36,38,45-50,52-63,70-75H,13-30,37,39-44,51,64-69H2,1-12H3. The fraction of sp³-hybridized carbons (Fsp3) is 0.459. The summed E-state index contributed by atoms with van der Waals surface area (Å²) in [6, 6.07) is 53.1. The molecule has 630 valence electrons. The van der Waals surface area contributed by atoms with Crippen LogP contribution in [-0.4, -0.2) is 41.1 Å². The predicted molar refractivity (Wildman–Crippen MR) is 530 cm³/mol. The van der Waals surface area contributed by atoms with Crippen LogP contribution in [0.25, 0.3) is 179 Å². The van der Waals surface area contributed by atoms with Crippen LogP contribution in [0.3, 0.4) is 0 Å². The van der Waals surface area contributed by atoms with Crippen LogP contribution < -0.4 is 0 Å². The van der Waals surface area contributed by atoms with Crippen molar-refractivity contribution in [2.24, 2.45) is 35.5 Å². The average Bonchev–Trinajstić information content (AvgIpc) is 1.52. The summed E-state index contributed by atoms with van der Waals surface area (Å²) in [5.74, 6) is 3.44. The zero-order chi connectivity index (χ0) is 83.1. The van der Waals surface area contributed by atoms with Crippen molar-refractivity contribution in [1.29, 1.82) is 0 Å². The number of benzene rings is 7. The van der Waals surface area contributed by atoms with Gasteiger partial charge in [-0.15, -0.1) is 22.7 Å². The molecule has 17 aromatic rings. The molecule has 0 amide bonds. The van der Waals surface area contributed by atoms with Gasteiger partial charge in [0.2, 0.25) is 0 Å². The van der Waals surface area contributed by atoms with Gasteiger partial charge in [-0.3, -0.25) is 4.98 Å². The summed E-state index contributed by atoms with van der Waals surface area (Å²) in [5.41, 5.74) is 24.7. The van der Waals surface area contributed by atoms with Crippen molar-refractivity contribution in [3.05, 3.63) is 157 Å². The summed E-state index contributed by atoms with van der Waals surface area (Å²) in [6.45, 7) is 34.9. The highest BCUT2D eigenvalue weighted by Crippen LogP contribution is 2.54. The Morgan fingerprint density at radius 1 is 0.331 bits per heavy atom. The van der Waals surface area contributed by atoms with Gasteiger partial charge in [0.25, 0.3) is 0 Å². The van der Waals surface area contributed by atoms with Crippen molar-refractivity contribution in [3.8, 4) is 41.9 Å². The maximum atomic E-state index is 5.49. The van der Waals surface area contributed by atoms with E-state index in [0.29, 0.717) is 35.5 Å². The molecule has 12 heteroatoms. The molecule has 0 N–H and O–H groups in total. The van der Waals surface area contributed by atoms with E-state index >= 15 is 0 Å². The van der Waals surface area contributed by atoms with E-state index in [0.717, 1.165) is 103 Å². The Hall–Kier alpha value is -8.81. The van der Waals surface area contributed by atoms with E-state index in [4.69, 9.17) is 13.7 Å². The lowest BCUT2D eigenvalue weighted by atomic mass is 9.97. The molecule has 0 saturated heterocycles. The van der Waals surface area contributed by atoms with E-state index in [1.165, 1.54) is 293 Å². The number of hydrogen-bond acceptors (Lipinski definition) is 6.